The molecule has 0 bridgehead atoms. The summed E-state index contributed by atoms with van der Waals surface area (Å²) in [6.07, 6.45) is 3.13. The minimum absolute atomic E-state index is 0.0453. The molecule has 7 rings (SSSR count). The van der Waals surface area contributed by atoms with Gasteiger partial charge in [-0.1, -0.05) is 17.7 Å². The number of pyridine rings is 1. The number of nitrogens with one attached hydrogen (secondary N) is 4. The van der Waals surface area contributed by atoms with Gasteiger partial charge in [0.15, 0.2) is 18.2 Å². The van der Waals surface area contributed by atoms with E-state index >= 15 is 0 Å². The van der Waals surface area contributed by atoms with Gasteiger partial charge in [-0.3, -0.25) is 34.1 Å². The van der Waals surface area contributed by atoms with E-state index in [0.29, 0.717) is 76.2 Å². The predicted molar refractivity (Wildman–Crippen MR) is 205 cm³/mol. The van der Waals surface area contributed by atoms with Gasteiger partial charge in [-0.15, -0.1) is 0 Å². The minimum Gasteiger partial charge on any atom is -0.491 e. The fourth-order valence-electron chi connectivity index (χ4n) is 7.10. The highest BCUT2D eigenvalue weighted by Crippen LogP contribution is 2.34. The first-order valence-corrected chi connectivity index (χ1v) is 18.6. The topological polar surface area (TPSA) is 206 Å². The second-order valence-electron chi connectivity index (χ2n) is 13.7. The van der Waals surface area contributed by atoms with Crippen LogP contribution in [0.4, 0.5) is 17.5 Å². The lowest BCUT2D eigenvalue weighted by molar-refractivity contribution is -0.137. The van der Waals surface area contributed by atoms with Crippen molar-refractivity contribution in [2.75, 3.05) is 50.1 Å². The van der Waals surface area contributed by atoms with Gasteiger partial charge in [-0.25, -0.2) is 4.98 Å². The number of aromatic nitrogens is 3. The van der Waals surface area contributed by atoms with Gasteiger partial charge in [0.2, 0.25) is 23.7 Å². The highest BCUT2D eigenvalue weighted by atomic mass is 35.5. The molecule has 292 valence electrons. The highest BCUT2D eigenvalue weighted by molar-refractivity contribution is 6.33. The van der Waals surface area contributed by atoms with E-state index in [-0.39, 0.29) is 80.0 Å². The number of fused-ring (bicyclic) bond motifs is 2. The first-order valence-electron chi connectivity index (χ1n) is 18.2. The summed E-state index contributed by atoms with van der Waals surface area (Å²) in [6.45, 7) is 1.45. The van der Waals surface area contributed by atoms with Crippen molar-refractivity contribution in [3.05, 3.63) is 75.2 Å². The van der Waals surface area contributed by atoms with E-state index in [9.17, 15) is 28.8 Å². The molecule has 56 heavy (non-hydrogen) atoms. The molecular formula is C38H40ClN9O8. The molecule has 17 nitrogen and oxygen atoms in total. The molecule has 2 aromatic carbocycles. The lowest BCUT2D eigenvalue weighted by Gasteiger charge is -2.31. The van der Waals surface area contributed by atoms with Crippen molar-refractivity contribution in [3.63, 3.8) is 0 Å². The first-order chi connectivity index (χ1) is 27.0. The number of anilines is 3. The second kappa shape index (κ2) is 16.2. The molecule has 2 saturated heterocycles. The zero-order valence-electron chi connectivity index (χ0n) is 30.7. The Labute approximate surface area is 325 Å². The molecule has 4 N–H and O–H groups in total. The van der Waals surface area contributed by atoms with Crippen LogP contribution in [0.3, 0.4) is 0 Å². The summed E-state index contributed by atoms with van der Waals surface area (Å²) in [5, 5.41) is 12.0. The maximum Gasteiger partial charge on any atom is 0.293 e. The molecule has 5 amide bonds. The van der Waals surface area contributed by atoms with Crippen molar-refractivity contribution < 1.29 is 33.4 Å². The van der Waals surface area contributed by atoms with Crippen molar-refractivity contribution in [3.8, 4) is 11.5 Å². The van der Waals surface area contributed by atoms with E-state index in [2.05, 4.69) is 31.2 Å². The normalized spacial score (nSPS) is 17.1. The van der Waals surface area contributed by atoms with Crippen LogP contribution in [0.25, 0.3) is 10.9 Å². The van der Waals surface area contributed by atoms with Crippen molar-refractivity contribution in [1.82, 2.24) is 35.4 Å². The molecular weight excluding hydrogens is 746 g/mol. The zero-order chi connectivity index (χ0) is 39.5. The Morgan fingerprint density at radius 1 is 1.02 bits per heavy atom. The minimum atomic E-state index is -0.717. The van der Waals surface area contributed by atoms with Crippen LogP contribution in [-0.4, -0.2) is 94.9 Å². The maximum absolute atomic E-state index is 13.1. The van der Waals surface area contributed by atoms with Crippen LogP contribution in [0, 0.1) is 5.92 Å². The number of carbonyl (C=O) groups is 5. The molecule has 2 aromatic heterocycles. The van der Waals surface area contributed by atoms with Gasteiger partial charge >= 0.3 is 0 Å². The Balaban J connectivity index is 0.908. The Bertz CT molecular complexity index is 2290. The number of hydrogen-bond acceptors (Lipinski definition) is 12. The molecule has 3 aliphatic heterocycles. The molecule has 1 unspecified atom stereocenters. The molecule has 5 heterocycles. The summed E-state index contributed by atoms with van der Waals surface area (Å²) >= 11 is 6.49. The van der Waals surface area contributed by atoms with Gasteiger partial charge in [-0.05, 0) is 55.7 Å². The van der Waals surface area contributed by atoms with Gasteiger partial charge in [0.25, 0.3) is 17.4 Å². The number of ether oxygens (including phenoxy) is 2. The van der Waals surface area contributed by atoms with Gasteiger partial charge in [-0.2, -0.15) is 4.98 Å². The SMILES string of the molecule is CNC(=O)COc1cc2cc(Nc3nc(N4CCC(C(=O)NCCOc5cccc6c5CN(C5CCC(=O)NC5=O)C6=O)CC4)ncc3Cl)ccc2n(C)c1=O. The van der Waals surface area contributed by atoms with Gasteiger partial charge < -0.3 is 39.8 Å². The summed E-state index contributed by atoms with van der Waals surface area (Å²) in [5.74, 6) is -0.350. The molecule has 0 saturated carbocycles. The second-order valence-corrected chi connectivity index (χ2v) is 14.1. The molecule has 0 spiro atoms. The van der Waals surface area contributed by atoms with E-state index in [0.717, 1.165) is 0 Å². The Kier molecular flexibility index (Phi) is 11.0. The molecule has 0 radical (unpaired) electrons. The smallest absolute Gasteiger partial charge is 0.293 e. The summed E-state index contributed by atoms with van der Waals surface area (Å²) < 4.78 is 12.9. The van der Waals surface area contributed by atoms with Crippen molar-refractivity contribution in [2.24, 2.45) is 13.0 Å². The molecule has 3 aliphatic rings. The molecule has 1 atom stereocenters. The first kappa shape index (κ1) is 38.1. The summed E-state index contributed by atoms with van der Waals surface area (Å²) in [5.41, 5.74) is 2.08. The third-order valence-electron chi connectivity index (χ3n) is 10.2. The molecule has 0 aliphatic carbocycles. The van der Waals surface area contributed by atoms with Crippen LogP contribution in [0.1, 0.15) is 41.6 Å². The fourth-order valence-corrected chi connectivity index (χ4v) is 7.24. The Morgan fingerprint density at radius 2 is 1.82 bits per heavy atom. The van der Waals surface area contributed by atoms with E-state index in [1.807, 2.05) is 11.0 Å². The summed E-state index contributed by atoms with van der Waals surface area (Å²) in [4.78, 5) is 87.2. The zero-order valence-corrected chi connectivity index (χ0v) is 31.5. The average molecular weight is 786 g/mol. The van der Waals surface area contributed by atoms with E-state index < -0.39 is 11.9 Å². The number of nitrogens with zero attached hydrogens (tertiary/aromatic N) is 5. The lowest BCUT2D eigenvalue weighted by Crippen LogP contribution is -2.52. The van der Waals surface area contributed by atoms with Crippen LogP contribution in [0.2, 0.25) is 5.02 Å². The van der Waals surface area contributed by atoms with Crippen molar-refractivity contribution in [2.45, 2.75) is 38.3 Å². The quantitative estimate of drug-likeness (QED) is 0.120. The molecule has 2 fully saturated rings. The number of benzene rings is 2. The van der Waals surface area contributed by atoms with Crippen LogP contribution in [0.5, 0.6) is 11.5 Å². The number of imide groups is 1. The third kappa shape index (κ3) is 7.93. The number of likely N-dealkylation sites (N-methyl/N-ethyl adjacent to an activating group) is 1. The summed E-state index contributed by atoms with van der Waals surface area (Å²) in [6, 6.07) is 11.4. The highest BCUT2D eigenvalue weighted by Gasteiger charge is 2.40. The predicted octanol–water partition coefficient (Wildman–Crippen LogP) is 2.02. The maximum atomic E-state index is 13.1. The van der Waals surface area contributed by atoms with Gasteiger partial charge in [0.05, 0.1) is 24.8 Å². The van der Waals surface area contributed by atoms with Crippen molar-refractivity contribution in [1.29, 1.82) is 0 Å². The number of carbonyl (C=O) groups excluding carboxylic acids is 5. The van der Waals surface area contributed by atoms with Gasteiger partial charge in [0.1, 0.15) is 23.4 Å². The fraction of sp³-hybridized carbons (Fsp3) is 0.368. The average Bonchev–Trinajstić information content (AvgIpc) is 3.54. The number of halogens is 1. The third-order valence-corrected chi connectivity index (χ3v) is 10.4. The largest absolute Gasteiger partial charge is 0.491 e. The van der Waals surface area contributed by atoms with Crippen LogP contribution in [-0.2, 0) is 32.8 Å². The molecule has 18 heteroatoms. The Morgan fingerprint density at radius 3 is 2.59 bits per heavy atom. The van der Waals surface area contributed by atoms with Crippen molar-refractivity contribution >= 4 is 69.5 Å². The monoisotopic (exact) mass is 785 g/mol. The number of hydrogen-bond donors (Lipinski definition) is 4. The summed E-state index contributed by atoms with van der Waals surface area (Å²) in [7, 11) is 3.11. The molecule has 4 aromatic rings. The Hall–Kier alpha value is -6.23. The van der Waals surface area contributed by atoms with Gasteiger partial charge in [0, 0.05) is 61.7 Å². The lowest BCUT2D eigenvalue weighted by atomic mass is 9.96. The van der Waals surface area contributed by atoms with Crippen LogP contribution in [0.15, 0.2) is 53.5 Å². The van der Waals surface area contributed by atoms with Crippen LogP contribution >= 0.6 is 11.6 Å². The van der Waals surface area contributed by atoms with Crippen LogP contribution < -0.4 is 41.2 Å². The number of piperidine rings is 2. The number of rotatable bonds is 12. The number of aryl methyl sites for hydroxylation is 1. The standard InChI is InChI=1S/C38H40ClN9O8/c1-40-32(50)20-56-30-17-22-16-23(6-7-27(22)46(2)37(30)54)43-33-26(39)18-42-38(45-33)47-13-10-21(11-14-47)34(51)41-12-15-55-29-5-3-4-24-25(29)19-48(36(24)53)28-8-9-31(49)44-35(28)52/h3-7,16-18,21,28H,8-15,19-20H2,1-2H3,(H,40,50)(H,41,51)(H,42,43,45)(H,44,49,52). The van der Waals surface area contributed by atoms with E-state index in [1.165, 1.54) is 22.7 Å². The van der Waals surface area contributed by atoms with E-state index in [4.69, 9.17) is 21.1 Å². The number of amides is 5. The van der Waals surface area contributed by atoms with E-state index in [1.54, 1.807) is 43.4 Å².